The van der Waals surface area contributed by atoms with Gasteiger partial charge in [0.05, 0.1) is 29.6 Å². The van der Waals surface area contributed by atoms with Crippen LogP contribution in [0.25, 0.3) is 33.5 Å². The van der Waals surface area contributed by atoms with E-state index in [2.05, 4.69) is 5.10 Å². The van der Waals surface area contributed by atoms with Gasteiger partial charge >= 0.3 is 0 Å². The highest BCUT2D eigenvalue weighted by atomic mass is 35.5. The van der Waals surface area contributed by atoms with Crippen molar-refractivity contribution in [2.75, 3.05) is 7.11 Å². The molecule has 0 atom stereocenters. The van der Waals surface area contributed by atoms with E-state index in [0.717, 1.165) is 10.3 Å². The zero-order valence-electron chi connectivity index (χ0n) is 19.4. The minimum absolute atomic E-state index is 0.264. The smallest absolute Gasteiger partial charge is 0.282 e. The van der Waals surface area contributed by atoms with Crippen molar-refractivity contribution >= 4 is 51.4 Å². The first-order chi connectivity index (χ1) is 18.1. The van der Waals surface area contributed by atoms with Gasteiger partial charge in [-0.3, -0.25) is 4.79 Å². The van der Waals surface area contributed by atoms with Gasteiger partial charge in [-0.15, -0.1) is 0 Å². The Kier molecular flexibility index (Phi) is 6.04. The van der Waals surface area contributed by atoms with Gasteiger partial charge in [0.2, 0.25) is 5.82 Å². The number of halogens is 1. The van der Waals surface area contributed by atoms with Crippen LogP contribution in [0.15, 0.2) is 114 Å². The topological polar surface area (TPSA) is 82.8 Å². The van der Waals surface area contributed by atoms with Crippen LogP contribution in [-0.4, -0.2) is 23.0 Å². The number of methoxy groups -OCH3 is 1. The molecule has 3 aromatic heterocycles. The molecule has 0 aliphatic rings. The molecule has 0 bridgehead atoms. The molecule has 0 radical (unpaired) electrons. The van der Waals surface area contributed by atoms with Gasteiger partial charge in [-0.05, 0) is 66.7 Å². The standard InChI is InChI=1S/C28H18ClN3O4S/c1-34-23-7-4-8-24-21(23)15-25(36-24)27-31-22-6-3-2-5-20(22)28(33)32(27)30-16-18-11-14-26(35-18)37-19-12-9-17(29)10-13-19/h2-16H,1H3. The van der Waals surface area contributed by atoms with Crippen molar-refractivity contribution in [1.82, 2.24) is 9.66 Å². The first-order valence-corrected chi connectivity index (χ1v) is 12.4. The number of hydrogen-bond donors (Lipinski definition) is 0. The molecular weight excluding hydrogens is 510 g/mol. The van der Waals surface area contributed by atoms with E-state index < -0.39 is 0 Å². The fourth-order valence-corrected chi connectivity index (χ4v) is 4.81. The van der Waals surface area contributed by atoms with E-state index in [0.29, 0.717) is 43.9 Å². The molecular formula is C28H18ClN3O4S. The van der Waals surface area contributed by atoms with Crippen molar-refractivity contribution in [2.24, 2.45) is 5.10 Å². The molecule has 0 spiro atoms. The van der Waals surface area contributed by atoms with Gasteiger partial charge in [-0.1, -0.05) is 41.6 Å². The second-order valence-electron chi connectivity index (χ2n) is 8.01. The Labute approximate surface area is 220 Å². The van der Waals surface area contributed by atoms with Gasteiger partial charge in [0.25, 0.3) is 5.56 Å². The molecule has 7 nitrogen and oxygen atoms in total. The molecule has 3 heterocycles. The number of hydrogen-bond acceptors (Lipinski definition) is 7. The van der Waals surface area contributed by atoms with Gasteiger partial charge in [0.1, 0.15) is 17.1 Å². The lowest BCUT2D eigenvalue weighted by Gasteiger charge is -2.06. The fourth-order valence-electron chi connectivity index (χ4n) is 3.90. The van der Waals surface area contributed by atoms with E-state index in [1.807, 2.05) is 54.6 Å². The van der Waals surface area contributed by atoms with Crippen LogP contribution >= 0.6 is 23.4 Å². The Balaban J connectivity index is 1.41. The number of para-hydroxylation sites is 1. The van der Waals surface area contributed by atoms with Gasteiger partial charge < -0.3 is 13.6 Å². The first kappa shape index (κ1) is 23.1. The molecule has 0 aliphatic carbocycles. The third-order valence-corrected chi connectivity index (χ3v) is 6.83. The molecule has 0 unspecified atom stereocenters. The van der Waals surface area contributed by atoms with Gasteiger partial charge in [0.15, 0.2) is 10.9 Å². The summed E-state index contributed by atoms with van der Waals surface area (Å²) in [5.74, 6) is 1.79. The molecule has 0 amide bonds. The van der Waals surface area contributed by atoms with Crippen LogP contribution in [0.5, 0.6) is 5.75 Å². The monoisotopic (exact) mass is 527 g/mol. The van der Waals surface area contributed by atoms with Crippen molar-refractivity contribution in [3.05, 3.63) is 106 Å². The number of nitrogens with zero attached hydrogens (tertiary/aromatic N) is 3. The maximum absolute atomic E-state index is 13.5. The molecule has 9 heteroatoms. The second kappa shape index (κ2) is 9.65. The van der Waals surface area contributed by atoms with Crippen molar-refractivity contribution in [1.29, 1.82) is 0 Å². The molecule has 0 fully saturated rings. The quantitative estimate of drug-likeness (QED) is 0.215. The number of furan rings is 2. The van der Waals surface area contributed by atoms with E-state index in [1.165, 1.54) is 22.7 Å². The lowest BCUT2D eigenvalue weighted by Crippen LogP contribution is -2.20. The minimum atomic E-state index is -0.327. The predicted octanol–water partition coefficient (Wildman–Crippen LogP) is 7.10. The Morgan fingerprint density at radius 1 is 0.973 bits per heavy atom. The molecule has 0 N–H and O–H groups in total. The van der Waals surface area contributed by atoms with Crippen LogP contribution in [-0.2, 0) is 0 Å². The third-order valence-electron chi connectivity index (χ3n) is 5.65. The first-order valence-electron chi connectivity index (χ1n) is 11.3. The summed E-state index contributed by atoms with van der Waals surface area (Å²) in [7, 11) is 1.60. The van der Waals surface area contributed by atoms with Crippen molar-refractivity contribution in [3.8, 4) is 17.3 Å². The summed E-state index contributed by atoms with van der Waals surface area (Å²) in [6.07, 6.45) is 1.48. The number of benzene rings is 3. The third kappa shape index (κ3) is 4.52. The molecule has 182 valence electrons. The summed E-state index contributed by atoms with van der Waals surface area (Å²) < 4.78 is 18.6. The highest BCUT2D eigenvalue weighted by Crippen LogP contribution is 2.33. The summed E-state index contributed by atoms with van der Waals surface area (Å²) in [4.78, 5) is 19.1. The SMILES string of the molecule is COc1cccc2oc(-c3nc4ccccc4c(=O)n3N=Cc3ccc(Sc4ccc(Cl)cc4)o3)cc12. The lowest BCUT2D eigenvalue weighted by atomic mass is 10.2. The van der Waals surface area contributed by atoms with Crippen molar-refractivity contribution < 1.29 is 13.6 Å². The Bertz CT molecular complexity index is 1840. The average Bonchev–Trinajstić information content (AvgIpc) is 3.56. The van der Waals surface area contributed by atoms with E-state index in [1.54, 1.807) is 37.4 Å². The van der Waals surface area contributed by atoms with Crippen LogP contribution in [0.3, 0.4) is 0 Å². The highest BCUT2D eigenvalue weighted by molar-refractivity contribution is 7.99. The maximum Gasteiger partial charge on any atom is 0.282 e. The van der Waals surface area contributed by atoms with Gasteiger partial charge in [-0.2, -0.15) is 9.78 Å². The Morgan fingerprint density at radius 2 is 1.81 bits per heavy atom. The molecule has 37 heavy (non-hydrogen) atoms. The number of ether oxygens (including phenoxy) is 1. The number of rotatable bonds is 6. The summed E-state index contributed by atoms with van der Waals surface area (Å²) in [6.45, 7) is 0. The maximum atomic E-state index is 13.5. The van der Waals surface area contributed by atoms with E-state index in [9.17, 15) is 4.79 Å². The predicted molar refractivity (Wildman–Crippen MR) is 145 cm³/mol. The Morgan fingerprint density at radius 3 is 2.65 bits per heavy atom. The fraction of sp³-hybridized carbons (Fsp3) is 0.0357. The largest absolute Gasteiger partial charge is 0.496 e. The van der Waals surface area contributed by atoms with E-state index >= 15 is 0 Å². The second-order valence-corrected chi connectivity index (χ2v) is 9.52. The van der Waals surface area contributed by atoms with Crippen molar-refractivity contribution in [2.45, 2.75) is 9.99 Å². The van der Waals surface area contributed by atoms with E-state index in [-0.39, 0.29) is 11.4 Å². The molecule has 0 saturated heterocycles. The zero-order chi connectivity index (χ0) is 25.4. The van der Waals surface area contributed by atoms with Crippen LogP contribution in [0, 0.1) is 0 Å². The number of aromatic nitrogens is 2. The number of fused-ring (bicyclic) bond motifs is 2. The summed E-state index contributed by atoms with van der Waals surface area (Å²) in [5, 5.41) is 7.01. The van der Waals surface area contributed by atoms with Crippen LogP contribution in [0.4, 0.5) is 0 Å². The van der Waals surface area contributed by atoms with Gasteiger partial charge in [-0.25, -0.2) is 4.98 Å². The Hall–Kier alpha value is -4.27. The summed E-state index contributed by atoms with van der Waals surface area (Å²) >= 11 is 7.42. The molecule has 0 aliphatic heterocycles. The van der Waals surface area contributed by atoms with Gasteiger partial charge in [0, 0.05) is 9.92 Å². The highest BCUT2D eigenvalue weighted by Gasteiger charge is 2.18. The minimum Gasteiger partial charge on any atom is -0.496 e. The lowest BCUT2D eigenvalue weighted by molar-refractivity contribution is 0.419. The molecule has 3 aromatic carbocycles. The van der Waals surface area contributed by atoms with Crippen LogP contribution < -0.4 is 10.3 Å². The summed E-state index contributed by atoms with van der Waals surface area (Å²) in [6, 6.07) is 25.5. The normalized spacial score (nSPS) is 11.6. The molecule has 6 rings (SSSR count). The molecule has 0 saturated carbocycles. The van der Waals surface area contributed by atoms with E-state index in [4.69, 9.17) is 30.2 Å². The molecule has 6 aromatic rings. The summed E-state index contributed by atoms with van der Waals surface area (Å²) in [5.41, 5.74) is 0.829. The van der Waals surface area contributed by atoms with Crippen molar-refractivity contribution in [3.63, 3.8) is 0 Å². The zero-order valence-corrected chi connectivity index (χ0v) is 21.0. The van der Waals surface area contributed by atoms with Crippen LogP contribution in [0.2, 0.25) is 5.02 Å². The van der Waals surface area contributed by atoms with Crippen LogP contribution in [0.1, 0.15) is 5.76 Å². The average molecular weight is 528 g/mol.